The smallest absolute Gasteiger partial charge is 0.270 e. The van der Waals surface area contributed by atoms with E-state index in [1.165, 1.54) is 23.4 Å². The molecule has 1 amide bonds. The second kappa shape index (κ2) is 5.45. The molecule has 0 spiro atoms. The monoisotopic (exact) mass is 312 g/mol. The van der Waals surface area contributed by atoms with Gasteiger partial charge in [-0.1, -0.05) is 0 Å². The van der Waals surface area contributed by atoms with Crippen LogP contribution in [0.1, 0.15) is 41.6 Å². The highest BCUT2D eigenvalue weighted by atomic mass is 16.2. The van der Waals surface area contributed by atoms with Crippen LogP contribution in [0.15, 0.2) is 29.3 Å². The zero-order valence-corrected chi connectivity index (χ0v) is 13.1. The first kappa shape index (κ1) is 14.4. The zero-order valence-electron chi connectivity index (χ0n) is 13.1. The second-order valence-electron chi connectivity index (χ2n) is 6.69. The number of rotatable bonds is 2. The van der Waals surface area contributed by atoms with Gasteiger partial charge in [-0.3, -0.25) is 14.0 Å². The Labute approximate surface area is 133 Å². The lowest BCUT2D eigenvalue weighted by Gasteiger charge is -2.29. The highest BCUT2D eigenvalue weighted by Crippen LogP contribution is 2.26. The van der Waals surface area contributed by atoms with Gasteiger partial charge in [0.1, 0.15) is 11.2 Å². The number of aryl methyl sites for hydroxylation is 1. The number of pyridine rings is 1. The molecule has 2 saturated heterocycles. The van der Waals surface area contributed by atoms with Crippen molar-refractivity contribution in [3.63, 3.8) is 0 Å². The SMILES string of the molecule is Cc1ccn2c(=O)c(C(=O)NC3CC4CCC(C3)N4)cnc2c1. The van der Waals surface area contributed by atoms with Crippen LogP contribution in [0.3, 0.4) is 0 Å². The van der Waals surface area contributed by atoms with Crippen LogP contribution in [-0.2, 0) is 0 Å². The second-order valence-corrected chi connectivity index (χ2v) is 6.69. The molecule has 2 fully saturated rings. The standard InChI is InChI=1S/C17H20N4O2/c1-10-4-5-21-15(6-10)18-9-14(17(21)23)16(22)20-13-7-11-2-3-12(8-13)19-11/h4-6,9,11-13,19H,2-3,7-8H2,1H3,(H,20,22). The van der Waals surface area contributed by atoms with E-state index in [0.29, 0.717) is 17.7 Å². The number of fused-ring (bicyclic) bond motifs is 3. The van der Waals surface area contributed by atoms with E-state index in [2.05, 4.69) is 15.6 Å². The molecule has 0 aromatic carbocycles. The van der Waals surface area contributed by atoms with Gasteiger partial charge in [-0.25, -0.2) is 4.98 Å². The van der Waals surface area contributed by atoms with Crippen LogP contribution >= 0.6 is 0 Å². The van der Waals surface area contributed by atoms with Gasteiger partial charge in [-0.2, -0.15) is 0 Å². The van der Waals surface area contributed by atoms with Crippen molar-refractivity contribution in [1.29, 1.82) is 0 Å². The molecule has 2 aromatic rings. The molecule has 120 valence electrons. The third-order valence-corrected chi connectivity index (χ3v) is 4.92. The first-order valence-corrected chi connectivity index (χ1v) is 8.15. The topological polar surface area (TPSA) is 75.5 Å². The third-order valence-electron chi connectivity index (χ3n) is 4.92. The maximum atomic E-state index is 12.5. The van der Waals surface area contributed by atoms with Crippen molar-refractivity contribution in [2.24, 2.45) is 0 Å². The maximum absolute atomic E-state index is 12.5. The van der Waals surface area contributed by atoms with Crippen LogP contribution in [0.25, 0.3) is 5.65 Å². The summed E-state index contributed by atoms with van der Waals surface area (Å²) in [6.45, 7) is 1.94. The van der Waals surface area contributed by atoms with Crippen LogP contribution in [0.4, 0.5) is 0 Å². The Bertz CT molecular complexity index is 817. The molecular formula is C17H20N4O2. The fourth-order valence-electron chi connectivity index (χ4n) is 3.77. The summed E-state index contributed by atoms with van der Waals surface area (Å²) in [5, 5.41) is 6.57. The summed E-state index contributed by atoms with van der Waals surface area (Å²) in [4.78, 5) is 29.3. The molecule has 6 heteroatoms. The molecule has 2 bridgehead atoms. The lowest BCUT2D eigenvalue weighted by Crippen LogP contribution is -2.48. The van der Waals surface area contributed by atoms with Crippen LogP contribution < -0.4 is 16.2 Å². The van der Waals surface area contributed by atoms with Crippen molar-refractivity contribution in [3.8, 4) is 0 Å². The number of hydrogen-bond donors (Lipinski definition) is 2. The van der Waals surface area contributed by atoms with Gasteiger partial charge in [0.15, 0.2) is 0 Å². The van der Waals surface area contributed by atoms with E-state index in [1.54, 1.807) is 6.20 Å². The van der Waals surface area contributed by atoms with E-state index in [-0.39, 0.29) is 23.1 Å². The first-order valence-electron chi connectivity index (χ1n) is 8.15. The maximum Gasteiger partial charge on any atom is 0.270 e. The molecule has 6 nitrogen and oxygen atoms in total. The summed E-state index contributed by atoms with van der Waals surface area (Å²) < 4.78 is 1.42. The van der Waals surface area contributed by atoms with Crippen molar-refractivity contribution < 1.29 is 4.79 Å². The van der Waals surface area contributed by atoms with Crippen molar-refractivity contribution in [1.82, 2.24) is 20.0 Å². The largest absolute Gasteiger partial charge is 0.349 e. The Morgan fingerprint density at radius 1 is 1.35 bits per heavy atom. The number of nitrogens with one attached hydrogen (secondary N) is 2. The van der Waals surface area contributed by atoms with Crippen LogP contribution in [0, 0.1) is 6.92 Å². The lowest BCUT2D eigenvalue weighted by atomic mass is 9.99. The number of piperidine rings is 1. The van der Waals surface area contributed by atoms with Crippen LogP contribution in [0.2, 0.25) is 0 Å². The van der Waals surface area contributed by atoms with E-state index in [9.17, 15) is 9.59 Å². The summed E-state index contributed by atoms with van der Waals surface area (Å²) in [6.07, 6.45) is 7.28. The molecule has 4 heterocycles. The van der Waals surface area contributed by atoms with E-state index in [0.717, 1.165) is 18.4 Å². The molecule has 0 saturated carbocycles. The molecule has 2 aliphatic rings. The fourth-order valence-corrected chi connectivity index (χ4v) is 3.77. The van der Waals surface area contributed by atoms with Gasteiger partial charge in [-0.05, 0) is 50.3 Å². The predicted octanol–water partition coefficient (Wildman–Crippen LogP) is 1.02. The van der Waals surface area contributed by atoms with Crippen LogP contribution in [-0.4, -0.2) is 33.4 Å². The van der Waals surface area contributed by atoms with E-state index < -0.39 is 0 Å². The Morgan fingerprint density at radius 2 is 2.09 bits per heavy atom. The number of aromatic nitrogens is 2. The van der Waals surface area contributed by atoms with Gasteiger partial charge in [0.05, 0.1) is 0 Å². The Morgan fingerprint density at radius 3 is 2.83 bits per heavy atom. The van der Waals surface area contributed by atoms with Gasteiger partial charge < -0.3 is 10.6 Å². The number of carbonyl (C=O) groups excluding carboxylic acids is 1. The molecule has 0 aliphatic carbocycles. The number of hydrogen-bond acceptors (Lipinski definition) is 4. The Balaban J connectivity index is 1.59. The normalized spacial score (nSPS) is 26.4. The third kappa shape index (κ3) is 2.63. The summed E-state index contributed by atoms with van der Waals surface area (Å²) >= 11 is 0. The minimum absolute atomic E-state index is 0.109. The van der Waals surface area contributed by atoms with E-state index >= 15 is 0 Å². The van der Waals surface area contributed by atoms with Crippen molar-refractivity contribution >= 4 is 11.6 Å². The molecule has 23 heavy (non-hydrogen) atoms. The molecule has 2 N–H and O–H groups in total. The highest BCUT2D eigenvalue weighted by Gasteiger charge is 2.34. The zero-order chi connectivity index (χ0) is 16.0. The van der Waals surface area contributed by atoms with Gasteiger partial charge >= 0.3 is 0 Å². The number of amides is 1. The molecule has 2 aliphatic heterocycles. The predicted molar refractivity (Wildman–Crippen MR) is 86.6 cm³/mol. The summed E-state index contributed by atoms with van der Waals surface area (Å²) in [7, 11) is 0. The minimum Gasteiger partial charge on any atom is -0.349 e. The van der Waals surface area contributed by atoms with Crippen molar-refractivity contribution in [3.05, 3.63) is 46.0 Å². The highest BCUT2D eigenvalue weighted by molar-refractivity contribution is 5.93. The molecule has 2 atom stereocenters. The molecule has 2 unspecified atom stereocenters. The van der Waals surface area contributed by atoms with Crippen molar-refractivity contribution in [2.45, 2.75) is 50.7 Å². The lowest BCUT2D eigenvalue weighted by molar-refractivity contribution is 0.0922. The van der Waals surface area contributed by atoms with Gasteiger partial charge in [0.2, 0.25) is 0 Å². The quantitative estimate of drug-likeness (QED) is 0.868. The minimum atomic E-state index is -0.316. The molecule has 0 radical (unpaired) electrons. The molecule has 4 rings (SSSR count). The Kier molecular flexibility index (Phi) is 3.41. The van der Waals surface area contributed by atoms with Crippen LogP contribution in [0.5, 0.6) is 0 Å². The number of nitrogens with zero attached hydrogens (tertiary/aromatic N) is 2. The van der Waals surface area contributed by atoms with E-state index in [1.807, 2.05) is 19.1 Å². The molecular weight excluding hydrogens is 292 g/mol. The first-order chi connectivity index (χ1) is 11.1. The summed E-state index contributed by atoms with van der Waals surface area (Å²) in [5.41, 5.74) is 1.38. The van der Waals surface area contributed by atoms with Gasteiger partial charge in [0, 0.05) is 30.5 Å². The number of carbonyl (C=O) groups is 1. The van der Waals surface area contributed by atoms with Gasteiger partial charge in [-0.15, -0.1) is 0 Å². The molecule has 2 aromatic heterocycles. The Hall–Kier alpha value is -2.21. The fraction of sp³-hybridized carbons (Fsp3) is 0.471. The average molecular weight is 312 g/mol. The van der Waals surface area contributed by atoms with Crippen molar-refractivity contribution in [2.75, 3.05) is 0 Å². The van der Waals surface area contributed by atoms with E-state index in [4.69, 9.17) is 0 Å². The summed E-state index contributed by atoms with van der Waals surface area (Å²) in [5.74, 6) is -0.316. The van der Waals surface area contributed by atoms with Gasteiger partial charge in [0.25, 0.3) is 11.5 Å². The average Bonchev–Trinajstić information content (AvgIpc) is 2.86. The summed E-state index contributed by atoms with van der Waals surface area (Å²) in [6, 6.07) is 4.80.